The molecular formula is C16H15F4N. The van der Waals surface area contributed by atoms with Crippen LogP contribution in [0, 0.1) is 5.82 Å². The van der Waals surface area contributed by atoms with E-state index in [1.54, 1.807) is 18.2 Å². The Labute approximate surface area is 120 Å². The number of benzene rings is 2. The fourth-order valence-corrected chi connectivity index (χ4v) is 2.24. The van der Waals surface area contributed by atoms with Gasteiger partial charge in [-0.15, -0.1) is 0 Å². The Bertz CT molecular complexity index is 590. The Morgan fingerprint density at radius 2 is 1.57 bits per heavy atom. The quantitative estimate of drug-likeness (QED) is 0.844. The zero-order valence-electron chi connectivity index (χ0n) is 11.2. The molecule has 0 bridgehead atoms. The highest BCUT2D eigenvalue weighted by Gasteiger charge is 2.30. The average molecular weight is 297 g/mol. The molecular weight excluding hydrogens is 282 g/mol. The molecule has 0 aliphatic carbocycles. The summed E-state index contributed by atoms with van der Waals surface area (Å²) in [5, 5.41) is 0. The fourth-order valence-electron chi connectivity index (χ4n) is 2.24. The Kier molecular flexibility index (Phi) is 4.63. The molecule has 2 aromatic rings. The molecule has 0 saturated heterocycles. The zero-order chi connectivity index (χ0) is 15.5. The first-order valence-electron chi connectivity index (χ1n) is 6.52. The van der Waals surface area contributed by atoms with Gasteiger partial charge in [0, 0.05) is 5.92 Å². The summed E-state index contributed by atoms with van der Waals surface area (Å²) in [5.41, 5.74) is 6.16. The van der Waals surface area contributed by atoms with Gasteiger partial charge >= 0.3 is 6.18 Å². The summed E-state index contributed by atoms with van der Waals surface area (Å²) in [7, 11) is 0. The molecule has 1 nitrogen and oxygen atoms in total. The van der Waals surface area contributed by atoms with Gasteiger partial charge in [0.25, 0.3) is 0 Å². The lowest BCUT2D eigenvalue weighted by molar-refractivity contribution is -0.137. The zero-order valence-corrected chi connectivity index (χ0v) is 11.2. The van der Waals surface area contributed by atoms with Crippen LogP contribution in [-0.4, -0.2) is 6.54 Å². The number of halogens is 4. The van der Waals surface area contributed by atoms with Crippen molar-refractivity contribution < 1.29 is 17.6 Å². The van der Waals surface area contributed by atoms with Crippen molar-refractivity contribution in [1.82, 2.24) is 0 Å². The third-order valence-corrected chi connectivity index (χ3v) is 3.39. The van der Waals surface area contributed by atoms with Gasteiger partial charge in [0.05, 0.1) is 5.56 Å². The molecule has 0 amide bonds. The molecule has 2 N–H and O–H groups in total. The number of hydrogen-bond acceptors (Lipinski definition) is 1. The second kappa shape index (κ2) is 6.26. The van der Waals surface area contributed by atoms with Crippen molar-refractivity contribution in [2.75, 3.05) is 6.54 Å². The predicted octanol–water partition coefficient (Wildman–Crippen LogP) is 4.13. The van der Waals surface area contributed by atoms with Crippen molar-refractivity contribution in [1.29, 1.82) is 0 Å². The van der Waals surface area contributed by atoms with E-state index in [9.17, 15) is 17.6 Å². The van der Waals surface area contributed by atoms with Crippen molar-refractivity contribution in [3.05, 3.63) is 71.0 Å². The third-order valence-electron chi connectivity index (χ3n) is 3.39. The standard InChI is InChI=1S/C16H15F4N/c17-15-4-2-1-3-14(15)12(10-21)9-11-5-7-13(8-6-11)16(18,19)20/h1-8,12H,9-10,21H2. The largest absolute Gasteiger partial charge is 0.416 e. The van der Waals surface area contributed by atoms with Crippen LogP contribution in [0.2, 0.25) is 0 Å². The van der Waals surface area contributed by atoms with Crippen LogP contribution in [0.1, 0.15) is 22.6 Å². The maximum atomic E-state index is 13.7. The van der Waals surface area contributed by atoms with E-state index < -0.39 is 11.7 Å². The lowest BCUT2D eigenvalue weighted by Gasteiger charge is -2.16. The van der Waals surface area contributed by atoms with Gasteiger partial charge in [0.15, 0.2) is 0 Å². The van der Waals surface area contributed by atoms with Gasteiger partial charge in [0.2, 0.25) is 0 Å². The highest BCUT2D eigenvalue weighted by atomic mass is 19.4. The van der Waals surface area contributed by atoms with Gasteiger partial charge in [-0.3, -0.25) is 0 Å². The lowest BCUT2D eigenvalue weighted by Crippen LogP contribution is -2.16. The lowest BCUT2D eigenvalue weighted by atomic mass is 9.91. The summed E-state index contributed by atoms with van der Waals surface area (Å²) < 4.78 is 51.2. The first-order chi connectivity index (χ1) is 9.91. The summed E-state index contributed by atoms with van der Waals surface area (Å²) in [6.45, 7) is 0.224. The summed E-state index contributed by atoms with van der Waals surface area (Å²) >= 11 is 0. The smallest absolute Gasteiger partial charge is 0.330 e. The van der Waals surface area contributed by atoms with E-state index in [0.29, 0.717) is 17.5 Å². The van der Waals surface area contributed by atoms with Crippen LogP contribution in [0.5, 0.6) is 0 Å². The van der Waals surface area contributed by atoms with Crippen LogP contribution in [0.3, 0.4) is 0 Å². The SMILES string of the molecule is NCC(Cc1ccc(C(F)(F)F)cc1)c1ccccc1F. The second-order valence-corrected chi connectivity index (χ2v) is 4.85. The topological polar surface area (TPSA) is 26.0 Å². The highest BCUT2D eigenvalue weighted by molar-refractivity contribution is 5.29. The first-order valence-corrected chi connectivity index (χ1v) is 6.52. The van der Waals surface area contributed by atoms with Crippen molar-refractivity contribution in [2.45, 2.75) is 18.5 Å². The molecule has 0 fully saturated rings. The average Bonchev–Trinajstić information content (AvgIpc) is 2.45. The number of rotatable bonds is 4. The summed E-state index contributed by atoms with van der Waals surface area (Å²) in [6.07, 6.45) is -3.95. The van der Waals surface area contributed by atoms with Crippen LogP contribution in [0.25, 0.3) is 0 Å². The van der Waals surface area contributed by atoms with E-state index in [-0.39, 0.29) is 18.3 Å². The minimum absolute atomic E-state index is 0.224. The van der Waals surface area contributed by atoms with Crippen LogP contribution in [0.15, 0.2) is 48.5 Å². The molecule has 2 aromatic carbocycles. The van der Waals surface area contributed by atoms with Crippen LogP contribution < -0.4 is 5.73 Å². The maximum absolute atomic E-state index is 13.7. The third kappa shape index (κ3) is 3.82. The normalized spacial score (nSPS) is 13.2. The number of alkyl halides is 3. The highest BCUT2D eigenvalue weighted by Crippen LogP contribution is 2.30. The fraction of sp³-hybridized carbons (Fsp3) is 0.250. The Hall–Kier alpha value is -1.88. The van der Waals surface area contributed by atoms with Gasteiger partial charge < -0.3 is 5.73 Å². The molecule has 5 heteroatoms. The van der Waals surface area contributed by atoms with Crippen molar-refractivity contribution in [3.63, 3.8) is 0 Å². The predicted molar refractivity (Wildman–Crippen MR) is 73.3 cm³/mol. The van der Waals surface area contributed by atoms with Gasteiger partial charge in [-0.1, -0.05) is 30.3 Å². The maximum Gasteiger partial charge on any atom is 0.416 e. The van der Waals surface area contributed by atoms with Gasteiger partial charge in [-0.05, 0) is 42.3 Å². The van der Waals surface area contributed by atoms with Gasteiger partial charge in [-0.2, -0.15) is 13.2 Å². The van der Waals surface area contributed by atoms with Crippen molar-refractivity contribution in [2.24, 2.45) is 5.73 Å². The summed E-state index contributed by atoms with van der Waals surface area (Å²) in [4.78, 5) is 0. The molecule has 0 radical (unpaired) electrons. The molecule has 0 aromatic heterocycles. The summed E-state index contributed by atoms with van der Waals surface area (Å²) in [5.74, 6) is -0.609. The molecule has 2 rings (SSSR count). The van der Waals surface area contributed by atoms with Crippen LogP contribution >= 0.6 is 0 Å². The molecule has 0 aliphatic rings. The molecule has 0 spiro atoms. The van der Waals surface area contributed by atoms with Crippen LogP contribution in [-0.2, 0) is 12.6 Å². The van der Waals surface area contributed by atoms with E-state index in [4.69, 9.17) is 5.73 Å². The van der Waals surface area contributed by atoms with E-state index in [1.165, 1.54) is 18.2 Å². The Morgan fingerprint density at radius 1 is 0.952 bits per heavy atom. The Morgan fingerprint density at radius 3 is 2.10 bits per heavy atom. The molecule has 0 aliphatic heterocycles. The molecule has 21 heavy (non-hydrogen) atoms. The van der Waals surface area contributed by atoms with Gasteiger partial charge in [0.1, 0.15) is 5.82 Å². The monoisotopic (exact) mass is 297 g/mol. The van der Waals surface area contributed by atoms with E-state index in [0.717, 1.165) is 12.1 Å². The van der Waals surface area contributed by atoms with Gasteiger partial charge in [-0.25, -0.2) is 4.39 Å². The van der Waals surface area contributed by atoms with Crippen molar-refractivity contribution in [3.8, 4) is 0 Å². The molecule has 0 saturated carbocycles. The molecule has 112 valence electrons. The van der Waals surface area contributed by atoms with E-state index >= 15 is 0 Å². The van der Waals surface area contributed by atoms with E-state index in [2.05, 4.69) is 0 Å². The molecule has 1 atom stereocenters. The molecule has 0 heterocycles. The minimum atomic E-state index is -4.35. The minimum Gasteiger partial charge on any atom is -0.330 e. The first kappa shape index (κ1) is 15.5. The van der Waals surface area contributed by atoms with E-state index in [1.807, 2.05) is 0 Å². The van der Waals surface area contributed by atoms with Crippen molar-refractivity contribution >= 4 is 0 Å². The number of hydrogen-bond donors (Lipinski definition) is 1. The number of nitrogens with two attached hydrogens (primary N) is 1. The Balaban J connectivity index is 2.18. The van der Waals surface area contributed by atoms with Crippen LogP contribution in [0.4, 0.5) is 17.6 Å². The molecule has 1 unspecified atom stereocenters. The summed E-state index contributed by atoms with van der Waals surface area (Å²) in [6, 6.07) is 11.2. The second-order valence-electron chi connectivity index (χ2n) is 4.85.